The van der Waals surface area contributed by atoms with Gasteiger partial charge in [0.1, 0.15) is 11.2 Å². The molecule has 13 rings (SSSR count). The monoisotopic (exact) mass is 843 g/mol. The summed E-state index contributed by atoms with van der Waals surface area (Å²) >= 11 is 0. The predicted molar refractivity (Wildman–Crippen MR) is 272 cm³/mol. The van der Waals surface area contributed by atoms with Crippen LogP contribution in [0.1, 0.15) is 25.0 Å². The maximum absolute atomic E-state index is 6.96. The van der Waals surface area contributed by atoms with Crippen LogP contribution in [-0.4, -0.2) is 15.0 Å². The minimum atomic E-state index is -0.152. The Morgan fingerprint density at radius 1 is 0.364 bits per heavy atom. The summed E-state index contributed by atoms with van der Waals surface area (Å²) in [7, 11) is 0. The highest BCUT2D eigenvalue weighted by Gasteiger charge is 2.35. The molecule has 0 N–H and O–H groups in total. The van der Waals surface area contributed by atoms with E-state index in [1.807, 2.05) is 24.3 Å². The Morgan fingerprint density at radius 2 is 0.970 bits per heavy atom. The van der Waals surface area contributed by atoms with E-state index in [0.717, 1.165) is 99.6 Å². The van der Waals surface area contributed by atoms with Crippen LogP contribution in [0.3, 0.4) is 0 Å². The molecule has 4 nitrogen and oxygen atoms in total. The van der Waals surface area contributed by atoms with Crippen molar-refractivity contribution in [3.8, 4) is 78.5 Å². The molecule has 1 aliphatic rings. The van der Waals surface area contributed by atoms with Crippen molar-refractivity contribution in [2.75, 3.05) is 0 Å². The highest BCUT2D eigenvalue weighted by atomic mass is 16.3. The first-order valence-electron chi connectivity index (χ1n) is 22.6. The van der Waals surface area contributed by atoms with Gasteiger partial charge < -0.3 is 4.42 Å². The fourth-order valence-electron chi connectivity index (χ4n) is 10.4. The zero-order valence-electron chi connectivity index (χ0n) is 36.5. The van der Waals surface area contributed by atoms with Crippen LogP contribution in [0.25, 0.3) is 122 Å². The topological polar surface area (TPSA) is 51.8 Å². The van der Waals surface area contributed by atoms with Gasteiger partial charge in [-0.1, -0.05) is 190 Å². The third-order valence-electron chi connectivity index (χ3n) is 13.7. The minimum absolute atomic E-state index is 0.152. The lowest BCUT2D eigenvalue weighted by molar-refractivity contribution is 0.660. The van der Waals surface area contributed by atoms with E-state index >= 15 is 0 Å². The van der Waals surface area contributed by atoms with Gasteiger partial charge in [-0.25, -0.2) is 15.0 Å². The molecule has 12 aromatic rings. The number of nitrogens with zero attached hydrogens (tertiary/aromatic N) is 3. The summed E-state index contributed by atoms with van der Waals surface area (Å²) in [4.78, 5) is 15.9. The maximum atomic E-state index is 6.96. The standard InChI is InChI=1S/C62H41N3O/c1-62(2)51-25-12-9-22-45(51)46-33-32-44(35-52(46)62)59-50-36-49(60-58(48-24-11-14-27-56(48)66-60)57(50)47-23-10-13-26-53(47)63-59)42-20-15-21-43(34-42)55-37-54(64-61(65-55)41-18-7-4-8-19-41)40-30-28-39(29-31-40)38-16-5-3-6-17-38/h3-37H,1-2H3. The number of fused-ring (bicyclic) bond motifs is 10. The summed E-state index contributed by atoms with van der Waals surface area (Å²) in [6.45, 7) is 4.68. The first-order chi connectivity index (χ1) is 32.5. The molecule has 3 heterocycles. The lowest BCUT2D eigenvalue weighted by Gasteiger charge is -2.22. The molecule has 0 spiro atoms. The highest BCUT2D eigenvalue weighted by molar-refractivity contribution is 6.30. The smallest absolute Gasteiger partial charge is 0.160 e. The number of pyridine rings is 1. The molecule has 0 atom stereocenters. The molecule has 1 aliphatic carbocycles. The van der Waals surface area contributed by atoms with Gasteiger partial charge in [0.15, 0.2) is 5.82 Å². The SMILES string of the molecule is CC1(C)c2ccccc2-c2ccc(-c3nc4ccccc4c4c3cc(-c3cccc(-c5cc(-c6ccc(-c7ccccc7)cc6)nc(-c6ccccc6)n5)c3)c3oc5ccccc5c34)cc21. The molecule has 0 bridgehead atoms. The zero-order valence-corrected chi connectivity index (χ0v) is 36.5. The van der Waals surface area contributed by atoms with Crippen molar-refractivity contribution in [1.29, 1.82) is 0 Å². The second-order valence-corrected chi connectivity index (χ2v) is 17.9. The van der Waals surface area contributed by atoms with Gasteiger partial charge >= 0.3 is 0 Å². The Hall–Kier alpha value is -8.47. The molecule has 0 fully saturated rings. The van der Waals surface area contributed by atoms with Gasteiger partial charge in [-0.15, -0.1) is 0 Å². The average Bonchev–Trinajstić information content (AvgIpc) is 3.88. The Morgan fingerprint density at radius 3 is 1.79 bits per heavy atom. The lowest BCUT2D eigenvalue weighted by atomic mass is 9.81. The quantitative estimate of drug-likeness (QED) is 0.157. The summed E-state index contributed by atoms with van der Waals surface area (Å²) in [5, 5.41) is 5.49. The van der Waals surface area contributed by atoms with Gasteiger partial charge in [0.25, 0.3) is 0 Å². The van der Waals surface area contributed by atoms with Crippen molar-refractivity contribution < 1.29 is 4.42 Å². The van der Waals surface area contributed by atoms with Gasteiger partial charge in [-0.3, -0.25) is 0 Å². The number of para-hydroxylation sites is 2. The normalized spacial score (nSPS) is 12.8. The van der Waals surface area contributed by atoms with Gasteiger partial charge in [0.2, 0.25) is 0 Å². The van der Waals surface area contributed by atoms with E-state index in [2.05, 4.69) is 202 Å². The Bertz CT molecular complexity index is 3890. The summed E-state index contributed by atoms with van der Waals surface area (Å²) in [5.41, 5.74) is 18.8. The van der Waals surface area contributed by atoms with Crippen molar-refractivity contribution >= 4 is 43.6 Å². The summed E-state index contributed by atoms with van der Waals surface area (Å²) in [6.07, 6.45) is 0. The number of rotatable bonds is 6. The summed E-state index contributed by atoms with van der Waals surface area (Å²) in [5.74, 6) is 0.675. The van der Waals surface area contributed by atoms with Crippen LogP contribution in [0.2, 0.25) is 0 Å². The van der Waals surface area contributed by atoms with Crippen LogP contribution in [0.5, 0.6) is 0 Å². The fraction of sp³-hybridized carbons (Fsp3) is 0.0484. The van der Waals surface area contributed by atoms with Crippen molar-refractivity contribution in [3.05, 3.63) is 223 Å². The highest BCUT2D eigenvalue weighted by Crippen LogP contribution is 2.51. The van der Waals surface area contributed by atoms with E-state index in [-0.39, 0.29) is 5.41 Å². The minimum Gasteiger partial charge on any atom is -0.455 e. The molecular formula is C62H41N3O. The Balaban J connectivity index is 1.03. The molecular weight excluding hydrogens is 803 g/mol. The zero-order chi connectivity index (χ0) is 43.9. The van der Waals surface area contributed by atoms with Crippen molar-refractivity contribution in [2.24, 2.45) is 0 Å². The van der Waals surface area contributed by atoms with Crippen molar-refractivity contribution in [2.45, 2.75) is 19.3 Å². The van der Waals surface area contributed by atoms with Gasteiger partial charge in [0, 0.05) is 60.2 Å². The molecule has 0 saturated heterocycles. The molecule has 66 heavy (non-hydrogen) atoms. The summed E-state index contributed by atoms with van der Waals surface area (Å²) in [6, 6.07) is 75.2. The molecule has 0 saturated carbocycles. The van der Waals surface area contributed by atoms with E-state index in [1.165, 1.54) is 27.8 Å². The molecule has 0 unspecified atom stereocenters. The predicted octanol–water partition coefficient (Wildman–Crippen LogP) is 16.4. The Labute approximate surface area is 382 Å². The Kier molecular flexibility index (Phi) is 8.53. The first kappa shape index (κ1) is 38.0. The van der Waals surface area contributed by atoms with Crippen LogP contribution in [0.15, 0.2) is 217 Å². The lowest BCUT2D eigenvalue weighted by Crippen LogP contribution is -2.14. The number of benzene rings is 9. The average molecular weight is 844 g/mol. The third kappa shape index (κ3) is 6.03. The van der Waals surface area contributed by atoms with Crippen LogP contribution in [-0.2, 0) is 5.41 Å². The van der Waals surface area contributed by atoms with E-state index < -0.39 is 0 Å². The van der Waals surface area contributed by atoms with Gasteiger partial charge in [0.05, 0.1) is 22.6 Å². The van der Waals surface area contributed by atoms with E-state index in [4.69, 9.17) is 19.4 Å². The maximum Gasteiger partial charge on any atom is 0.160 e. The van der Waals surface area contributed by atoms with Crippen LogP contribution >= 0.6 is 0 Å². The number of hydrogen-bond donors (Lipinski definition) is 0. The number of hydrogen-bond acceptors (Lipinski definition) is 4. The molecule has 4 heteroatoms. The largest absolute Gasteiger partial charge is 0.455 e. The molecule has 3 aromatic heterocycles. The van der Waals surface area contributed by atoms with E-state index in [9.17, 15) is 0 Å². The van der Waals surface area contributed by atoms with Crippen molar-refractivity contribution in [1.82, 2.24) is 15.0 Å². The molecule has 0 aliphatic heterocycles. The molecule has 0 amide bonds. The van der Waals surface area contributed by atoms with Crippen molar-refractivity contribution in [3.63, 3.8) is 0 Å². The first-order valence-corrected chi connectivity index (χ1v) is 22.6. The molecule has 310 valence electrons. The third-order valence-corrected chi connectivity index (χ3v) is 13.7. The van der Waals surface area contributed by atoms with E-state index in [0.29, 0.717) is 5.82 Å². The molecule has 0 radical (unpaired) electrons. The van der Waals surface area contributed by atoms with E-state index in [1.54, 1.807) is 0 Å². The van der Waals surface area contributed by atoms with Crippen LogP contribution < -0.4 is 0 Å². The number of aromatic nitrogens is 3. The second-order valence-electron chi connectivity index (χ2n) is 17.9. The van der Waals surface area contributed by atoms with Crippen LogP contribution in [0.4, 0.5) is 0 Å². The number of furan rings is 1. The van der Waals surface area contributed by atoms with Gasteiger partial charge in [-0.2, -0.15) is 0 Å². The summed E-state index contributed by atoms with van der Waals surface area (Å²) < 4.78 is 6.96. The fourth-order valence-corrected chi connectivity index (χ4v) is 10.4. The van der Waals surface area contributed by atoms with Crippen LogP contribution in [0, 0.1) is 0 Å². The second kappa shape index (κ2) is 14.8. The molecule has 9 aromatic carbocycles. The van der Waals surface area contributed by atoms with Gasteiger partial charge in [-0.05, 0) is 75.3 Å².